The normalized spacial score (nSPS) is 29.0. The molecule has 0 bridgehead atoms. The summed E-state index contributed by atoms with van der Waals surface area (Å²) in [6.45, 7) is 4.01. The number of rotatable bonds is 8. The van der Waals surface area contributed by atoms with Crippen molar-refractivity contribution in [2.45, 2.75) is 133 Å². The van der Waals surface area contributed by atoms with E-state index >= 15 is 0 Å². The molecular formula is C27H48N4O2. The van der Waals surface area contributed by atoms with Crippen LogP contribution >= 0.6 is 0 Å². The lowest BCUT2D eigenvalue weighted by Crippen LogP contribution is -2.54. The van der Waals surface area contributed by atoms with E-state index in [1.54, 1.807) is 0 Å². The van der Waals surface area contributed by atoms with Crippen LogP contribution in [0.4, 0.5) is 0 Å². The Labute approximate surface area is 201 Å². The summed E-state index contributed by atoms with van der Waals surface area (Å²) in [6, 6.07) is 0.887. The zero-order chi connectivity index (χ0) is 22.9. The third kappa shape index (κ3) is 7.42. The summed E-state index contributed by atoms with van der Waals surface area (Å²) < 4.78 is 0. The van der Waals surface area contributed by atoms with Crippen molar-refractivity contribution in [3.63, 3.8) is 0 Å². The van der Waals surface area contributed by atoms with Crippen LogP contribution in [0.25, 0.3) is 0 Å². The first-order valence-electron chi connectivity index (χ1n) is 14.3. The highest BCUT2D eigenvalue weighted by atomic mass is 16.2. The molecule has 4 aliphatic rings. The lowest BCUT2D eigenvalue weighted by molar-refractivity contribution is -0.128. The summed E-state index contributed by atoms with van der Waals surface area (Å²) in [6.07, 6.45) is 20.0. The quantitative estimate of drug-likeness (QED) is 0.575. The second-order valence-corrected chi connectivity index (χ2v) is 11.1. The van der Waals surface area contributed by atoms with Crippen LogP contribution in [0, 0.1) is 0 Å². The van der Waals surface area contributed by atoms with Crippen molar-refractivity contribution in [1.29, 1.82) is 0 Å². The molecule has 0 radical (unpaired) electrons. The van der Waals surface area contributed by atoms with E-state index in [1.165, 1.54) is 51.4 Å². The fraction of sp³-hybridized carbons (Fsp3) is 0.926. The Morgan fingerprint density at radius 1 is 0.545 bits per heavy atom. The van der Waals surface area contributed by atoms with Crippen molar-refractivity contribution < 1.29 is 9.59 Å². The van der Waals surface area contributed by atoms with Gasteiger partial charge in [0.2, 0.25) is 11.8 Å². The van der Waals surface area contributed by atoms with Crippen molar-refractivity contribution in [3.05, 3.63) is 0 Å². The van der Waals surface area contributed by atoms with Crippen LogP contribution in [0.2, 0.25) is 0 Å². The molecule has 6 heteroatoms. The minimum Gasteiger partial charge on any atom is -0.352 e. The fourth-order valence-corrected chi connectivity index (χ4v) is 6.68. The van der Waals surface area contributed by atoms with Gasteiger partial charge in [0.05, 0.1) is 12.1 Å². The first-order chi connectivity index (χ1) is 16.2. The van der Waals surface area contributed by atoms with Gasteiger partial charge in [-0.15, -0.1) is 0 Å². The summed E-state index contributed by atoms with van der Waals surface area (Å²) >= 11 is 0. The number of amides is 2. The van der Waals surface area contributed by atoms with E-state index in [2.05, 4.69) is 20.4 Å². The maximum atomic E-state index is 13.1. The standard InChI is InChI=1S/C27H48N4O2/c32-26(28-22-12-3-1-4-13-22)24-16-7-9-18-30(24)20-11-21-31-19-10-8-17-25(31)27(33)29-23-14-5-2-6-15-23/h22-25H,1-21H2,(H,28,32)(H,29,33)/t24-,25-/m0/s1. The van der Waals surface area contributed by atoms with E-state index in [0.717, 1.165) is 84.0 Å². The minimum absolute atomic E-state index is 0.0485. The highest BCUT2D eigenvalue weighted by Gasteiger charge is 2.32. The smallest absolute Gasteiger partial charge is 0.237 e. The highest BCUT2D eigenvalue weighted by molar-refractivity contribution is 5.82. The Morgan fingerprint density at radius 3 is 1.36 bits per heavy atom. The molecule has 2 aliphatic carbocycles. The molecule has 2 atom stereocenters. The maximum Gasteiger partial charge on any atom is 0.237 e. The van der Waals surface area contributed by atoms with Crippen LogP contribution < -0.4 is 10.6 Å². The number of nitrogens with one attached hydrogen (secondary N) is 2. The average Bonchev–Trinajstić information content (AvgIpc) is 2.86. The van der Waals surface area contributed by atoms with E-state index < -0.39 is 0 Å². The van der Waals surface area contributed by atoms with Gasteiger partial charge >= 0.3 is 0 Å². The molecule has 188 valence electrons. The van der Waals surface area contributed by atoms with E-state index in [9.17, 15) is 9.59 Å². The molecule has 2 aliphatic heterocycles. The molecule has 6 nitrogen and oxygen atoms in total. The zero-order valence-corrected chi connectivity index (χ0v) is 20.9. The number of hydrogen-bond acceptors (Lipinski definition) is 4. The number of likely N-dealkylation sites (tertiary alicyclic amines) is 2. The zero-order valence-electron chi connectivity index (χ0n) is 20.9. The van der Waals surface area contributed by atoms with Gasteiger partial charge in [0.25, 0.3) is 0 Å². The molecule has 2 N–H and O–H groups in total. The Morgan fingerprint density at radius 2 is 0.939 bits per heavy atom. The van der Waals surface area contributed by atoms with Crippen molar-refractivity contribution >= 4 is 11.8 Å². The Bertz CT molecular complexity index is 563. The van der Waals surface area contributed by atoms with E-state index in [4.69, 9.17) is 0 Å². The first kappa shape index (κ1) is 25.0. The predicted octanol–water partition coefficient (Wildman–Crippen LogP) is 3.98. The lowest BCUT2D eigenvalue weighted by Gasteiger charge is -2.38. The van der Waals surface area contributed by atoms with Crippen LogP contribution in [-0.4, -0.2) is 72.0 Å². The van der Waals surface area contributed by atoms with E-state index in [0.29, 0.717) is 12.1 Å². The molecule has 0 aromatic carbocycles. The summed E-state index contributed by atoms with van der Waals surface area (Å²) in [5.41, 5.74) is 0. The fourth-order valence-electron chi connectivity index (χ4n) is 6.68. The van der Waals surface area contributed by atoms with Crippen LogP contribution in [-0.2, 0) is 9.59 Å². The van der Waals surface area contributed by atoms with E-state index in [1.807, 2.05) is 0 Å². The molecule has 0 unspecified atom stereocenters. The van der Waals surface area contributed by atoms with Crippen LogP contribution in [0.5, 0.6) is 0 Å². The van der Waals surface area contributed by atoms with Gasteiger partial charge in [-0.1, -0.05) is 51.4 Å². The van der Waals surface area contributed by atoms with Crippen molar-refractivity contribution in [1.82, 2.24) is 20.4 Å². The monoisotopic (exact) mass is 460 g/mol. The molecule has 0 aromatic heterocycles. The van der Waals surface area contributed by atoms with Gasteiger partial charge in [0.1, 0.15) is 0 Å². The van der Waals surface area contributed by atoms with Crippen molar-refractivity contribution in [3.8, 4) is 0 Å². The third-order valence-electron chi connectivity index (χ3n) is 8.63. The molecule has 2 amide bonds. The van der Waals surface area contributed by atoms with Crippen LogP contribution in [0.15, 0.2) is 0 Å². The second kappa shape index (κ2) is 13.1. The molecule has 33 heavy (non-hydrogen) atoms. The predicted molar refractivity (Wildman–Crippen MR) is 133 cm³/mol. The highest BCUT2D eigenvalue weighted by Crippen LogP contribution is 2.23. The molecule has 0 aromatic rings. The van der Waals surface area contributed by atoms with Gasteiger partial charge < -0.3 is 10.6 Å². The van der Waals surface area contributed by atoms with Crippen molar-refractivity contribution in [2.75, 3.05) is 26.2 Å². The minimum atomic E-state index is 0.0485. The maximum absolute atomic E-state index is 13.1. The van der Waals surface area contributed by atoms with Gasteiger partial charge in [-0.3, -0.25) is 19.4 Å². The third-order valence-corrected chi connectivity index (χ3v) is 8.63. The van der Waals surface area contributed by atoms with Gasteiger partial charge in [0.15, 0.2) is 0 Å². The summed E-state index contributed by atoms with van der Waals surface area (Å²) in [5, 5.41) is 6.75. The SMILES string of the molecule is O=C(NC1CCCCC1)[C@@H]1CCCCN1CCCN1CCCC[C@H]1C(=O)NC1CCCCC1. The molecular weight excluding hydrogens is 412 g/mol. The topological polar surface area (TPSA) is 64.7 Å². The second-order valence-electron chi connectivity index (χ2n) is 11.1. The first-order valence-corrected chi connectivity index (χ1v) is 14.3. The molecule has 4 rings (SSSR count). The summed E-state index contributed by atoms with van der Waals surface area (Å²) in [4.78, 5) is 31.0. The van der Waals surface area contributed by atoms with Gasteiger partial charge in [0, 0.05) is 25.2 Å². The van der Waals surface area contributed by atoms with E-state index in [-0.39, 0.29) is 23.9 Å². The lowest BCUT2D eigenvalue weighted by atomic mass is 9.94. The number of carbonyl (C=O) groups excluding carboxylic acids is 2. The molecule has 0 spiro atoms. The summed E-state index contributed by atoms with van der Waals surface area (Å²) in [5.74, 6) is 0.536. The van der Waals surface area contributed by atoms with Crippen molar-refractivity contribution in [2.24, 2.45) is 0 Å². The van der Waals surface area contributed by atoms with Gasteiger partial charge in [-0.25, -0.2) is 0 Å². The number of carbonyl (C=O) groups is 2. The molecule has 4 fully saturated rings. The van der Waals surface area contributed by atoms with Gasteiger partial charge in [-0.05, 0) is 70.9 Å². The average molecular weight is 461 g/mol. The number of nitrogens with zero attached hydrogens (tertiary/aromatic N) is 2. The van der Waals surface area contributed by atoms with Crippen LogP contribution in [0.1, 0.15) is 109 Å². The Balaban J connectivity index is 1.24. The van der Waals surface area contributed by atoms with Gasteiger partial charge in [-0.2, -0.15) is 0 Å². The molecule has 2 saturated heterocycles. The Hall–Kier alpha value is -1.14. The largest absolute Gasteiger partial charge is 0.352 e. The summed E-state index contributed by atoms with van der Waals surface area (Å²) in [7, 11) is 0. The molecule has 2 saturated carbocycles. The molecule has 2 heterocycles. The Kier molecular flexibility index (Phi) is 9.90. The van der Waals surface area contributed by atoms with Crippen LogP contribution in [0.3, 0.4) is 0 Å². The number of piperidine rings is 2. The number of hydrogen-bond donors (Lipinski definition) is 2.